The van der Waals surface area contributed by atoms with Gasteiger partial charge < -0.3 is 4.52 Å². The summed E-state index contributed by atoms with van der Waals surface area (Å²) < 4.78 is 31.8. The van der Waals surface area contributed by atoms with Crippen molar-refractivity contribution in [3.63, 3.8) is 0 Å². The van der Waals surface area contributed by atoms with Crippen LogP contribution in [0.4, 0.5) is 0 Å². The second kappa shape index (κ2) is 7.23. The maximum absolute atomic E-state index is 12.6. The molecule has 1 aromatic heterocycles. The van der Waals surface area contributed by atoms with Crippen LogP contribution in [0.1, 0.15) is 16.9 Å². The van der Waals surface area contributed by atoms with Crippen LogP contribution in [-0.2, 0) is 22.3 Å². The maximum atomic E-state index is 12.6. The lowest BCUT2D eigenvalue weighted by molar-refractivity contribution is 0.180. The van der Waals surface area contributed by atoms with Gasteiger partial charge in [0.1, 0.15) is 5.76 Å². The van der Waals surface area contributed by atoms with E-state index in [0.717, 1.165) is 17.9 Å². The van der Waals surface area contributed by atoms with Gasteiger partial charge in [0, 0.05) is 43.3 Å². The Kier molecular flexibility index (Phi) is 5.24. The summed E-state index contributed by atoms with van der Waals surface area (Å²) in [6.45, 7) is 4.99. The SMILES string of the molecule is Cc1oncc1CN1CCN(S(=O)(=O)Cc2cccc(Cl)c2)CC1. The fraction of sp³-hybridized carbons (Fsp3) is 0.438. The van der Waals surface area contributed by atoms with E-state index < -0.39 is 10.0 Å². The fourth-order valence-corrected chi connectivity index (χ4v) is 4.52. The second-order valence-electron chi connectivity index (χ2n) is 5.97. The smallest absolute Gasteiger partial charge is 0.218 e. The second-order valence-corrected chi connectivity index (χ2v) is 8.37. The molecule has 1 aromatic carbocycles. The molecule has 0 saturated carbocycles. The number of nitrogens with zero attached hydrogens (tertiary/aromatic N) is 3. The number of sulfonamides is 1. The average molecular weight is 370 g/mol. The van der Waals surface area contributed by atoms with Crippen molar-refractivity contribution in [2.45, 2.75) is 19.2 Å². The van der Waals surface area contributed by atoms with Crippen molar-refractivity contribution in [2.24, 2.45) is 0 Å². The molecule has 6 nitrogen and oxygen atoms in total. The van der Waals surface area contributed by atoms with Crippen LogP contribution >= 0.6 is 11.6 Å². The number of piperazine rings is 1. The molecule has 0 amide bonds. The van der Waals surface area contributed by atoms with Crippen molar-refractivity contribution in [3.05, 3.63) is 52.4 Å². The van der Waals surface area contributed by atoms with Gasteiger partial charge in [0.2, 0.25) is 10.0 Å². The van der Waals surface area contributed by atoms with Gasteiger partial charge in [-0.3, -0.25) is 4.90 Å². The minimum absolute atomic E-state index is 0.0156. The minimum atomic E-state index is -3.33. The first-order valence-corrected chi connectivity index (χ1v) is 9.77. The van der Waals surface area contributed by atoms with Gasteiger partial charge >= 0.3 is 0 Å². The van der Waals surface area contributed by atoms with E-state index in [1.165, 1.54) is 0 Å². The van der Waals surface area contributed by atoms with E-state index in [2.05, 4.69) is 10.1 Å². The van der Waals surface area contributed by atoms with Gasteiger partial charge in [-0.05, 0) is 24.6 Å². The quantitative estimate of drug-likeness (QED) is 0.808. The number of hydrogen-bond acceptors (Lipinski definition) is 5. The maximum Gasteiger partial charge on any atom is 0.218 e. The Bertz CT molecular complexity index is 798. The molecule has 1 fully saturated rings. The first kappa shape index (κ1) is 17.4. The molecular formula is C16H20ClN3O3S. The molecule has 0 aliphatic carbocycles. The minimum Gasteiger partial charge on any atom is -0.361 e. The molecule has 0 radical (unpaired) electrons. The van der Waals surface area contributed by atoms with Crippen molar-refractivity contribution in [3.8, 4) is 0 Å². The Balaban J connectivity index is 1.58. The first-order chi connectivity index (χ1) is 11.4. The topological polar surface area (TPSA) is 66.7 Å². The van der Waals surface area contributed by atoms with E-state index in [-0.39, 0.29) is 5.75 Å². The van der Waals surface area contributed by atoms with Gasteiger partial charge in [-0.1, -0.05) is 28.9 Å². The summed E-state index contributed by atoms with van der Waals surface area (Å²) in [4.78, 5) is 2.21. The third-order valence-electron chi connectivity index (χ3n) is 4.21. The van der Waals surface area contributed by atoms with Crippen LogP contribution in [0.25, 0.3) is 0 Å². The zero-order valence-electron chi connectivity index (χ0n) is 13.5. The lowest BCUT2D eigenvalue weighted by atomic mass is 10.2. The van der Waals surface area contributed by atoms with E-state index in [4.69, 9.17) is 16.1 Å². The zero-order chi connectivity index (χ0) is 17.2. The highest BCUT2D eigenvalue weighted by atomic mass is 35.5. The van der Waals surface area contributed by atoms with Gasteiger partial charge in [-0.2, -0.15) is 4.31 Å². The van der Waals surface area contributed by atoms with Crippen LogP contribution < -0.4 is 0 Å². The molecule has 1 aliphatic heterocycles. The normalized spacial score (nSPS) is 17.2. The summed E-state index contributed by atoms with van der Waals surface area (Å²) in [6, 6.07) is 6.99. The third kappa shape index (κ3) is 4.16. The van der Waals surface area contributed by atoms with Crippen LogP contribution in [0.5, 0.6) is 0 Å². The molecule has 24 heavy (non-hydrogen) atoms. The summed E-state index contributed by atoms with van der Waals surface area (Å²) in [7, 11) is -3.33. The Morgan fingerprint density at radius 1 is 1.25 bits per heavy atom. The van der Waals surface area contributed by atoms with Gasteiger partial charge in [0.15, 0.2) is 0 Å². The average Bonchev–Trinajstić information content (AvgIpc) is 2.92. The van der Waals surface area contributed by atoms with Crippen LogP contribution in [0.15, 0.2) is 35.0 Å². The lowest BCUT2D eigenvalue weighted by Crippen LogP contribution is -2.48. The summed E-state index contributed by atoms with van der Waals surface area (Å²) in [5.41, 5.74) is 1.76. The van der Waals surface area contributed by atoms with Crippen molar-refractivity contribution in [2.75, 3.05) is 26.2 Å². The van der Waals surface area contributed by atoms with Crippen molar-refractivity contribution in [1.29, 1.82) is 0 Å². The van der Waals surface area contributed by atoms with Gasteiger partial charge in [0.05, 0.1) is 11.9 Å². The Labute approximate surface area is 147 Å². The van der Waals surface area contributed by atoms with Crippen LogP contribution in [0.3, 0.4) is 0 Å². The molecular weight excluding hydrogens is 350 g/mol. The summed E-state index contributed by atoms with van der Waals surface area (Å²) in [6.07, 6.45) is 1.72. The molecule has 8 heteroatoms. The molecule has 0 bridgehead atoms. The number of benzene rings is 1. The van der Waals surface area contributed by atoms with E-state index >= 15 is 0 Å². The van der Waals surface area contributed by atoms with Crippen molar-refractivity contribution < 1.29 is 12.9 Å². The lowest BCUT2D eigenvalue weighted by Gasteiger charge is -2.33. The highest BCUT2D eigenvalue weighted by molar-refractivity contribution is 7.88. The number of aryl methyl sites for hydroxylation is 1. The number of hydrogen-bond donors (Lipinski definition) is 0. The molecule has 0 atom stereocenters. The van der Waals surface area contributed by atoms with Crippen LogP contribution in [-0.4, -0.2) is 49.0 Å². The molecule has 2 aromatic rings. The predicted molar refractivity (Wildman–Crippen MR) is 92.2 cm³/mol. The fourth-order valence-electron chi connectivity index (χ4n) is 2.81. The summed E-state index contributed by atoms with van der Waals surface area (Å²) in [5.74, 6) is 0.796. The highest BCUT2D eigenvalue weighted by Gasteiger charge is 2.27. The molecule has 2 heterocycles. The van der Waals surface area contributed by atoms with Gasteiger partial charge in [-0.25, -0.2) is 8.42 Å². The summed E-state index contributed by atoms with van der Waals surface area (Å²) >= 11 is 5.93. The van der Waals surface area contributed by atoms with Crippen LogP contribution in [0.2, 0.25) is 5.02 Å². The Hall–Kier alpha value is -1.41. The standard InChI is InChI=1S/C16H20ClN3O3S/c1-13-15(10-18-23-13)11-19-5-7-20(8-6-19)24(21,22)12-14-3-2-4-16(17)9-14/h2-4,9-10H,5-8,11-12H2,1H3. The van der Waals surface area contributed by atoms with Crippen molar-refractivity contribution in [1.82, 2.24) is 14.4 Å². The van der Waals surface area contributed by atoms with Gasteiger partial charge in [-0.15, -0.1) is 0 Å². The largest absolute Gasteiger partial charge is 0.361 e. The van der Waals surface area contributed by atoms with Gasteiger partial charge in [0.25, 0.3) is 0 Å². The highest BCUT2D eigenvalue weighted by Crippen LogP contribution is 2.18. The van der Waals surface area contributed by atoms with E-state index in [9.17, 15) is 8.42 Å². The molecule has 0 spiro atoms. The van der Waals surface area contributed by atoms with Crippen LogP contribution in [0, 0.1) is 6.92 Å². The van der Waals surface area contributed by atoms with Crippen molar-refractivity contribution >= 4 is 21.6 Å². The van der Waals surface area contributed by atoms with E-state index in [0.29, 0.717) is 36.8 Å². The molecule has 0 unspecified atom stereocenters. The number of rotatable bonds is 5. The molecule has 1 aliphatic rings. The number of aromatic nitrogens is 1. The third-order valence-corrected chi connectivity index (χ3v) is 6.29. The molecule has 0 N–H and O–H groups in total. The zero-order valence-corrected chi connectivity index (χ0v) is 15.1. The number of halogens is 1. The van der Waals surface area contributed by atoms with E-state index in [1.54, 1.807) is 34.8 Å². The summed E-state index contributed by atoms with van der Waals surface area (Å²) in [5, 5.41) is 4.33. The predicted octanol–water partition coefficient (Wildman–Crippen LogP) is 2.28. The monoisotopic (exact) mass is 369 g/mol. The Morgan fingerprint density at radius 2 is 2.00 bits per heavy atom. The molecule has 1 saturated heterocycles. The Morgan fingerprint density at radius 3 is 2.62 bits per heavy atom. The first-order valence-electron chi connectivity index (χ1n) is 7.79. The molecule has 130 valence electrons. The van der Waals surface area contributed by atoms with E-state index in [1.807, 2.05) is 6.92 Å². The molecule has 3 rings (SSSR count).